The van der Waals surface area contributed by atoms with Gasteiger partial charge in [0.1, 0.15) is 18.5 Å². The van der Waals surface area contributed by atoms with Crippen LogP contribution in [-0.4, -0.2) is 41.8 Å². The van der Waals surface area contributed by atoms with Gasteiger partial charge in [0.25, 0.3) is 5.69 Å². The van der Waals surface area contributed by atoms with Crippen molar-refractivity contribution >= 4 is 47.2 Å². The molecule has 8 nitrogen and oxygen atoms in total. The van der Waals surface area contributed by atoms with E-state index in [0.717, 1.165) is 5.56 Å². The summed E-state index contributed by atoms with van der Waals surface area (Å²) in [6.07, 6.45) is -0.787. The van der Waals surface area contributed by atoms with Gasteiger partial charge in [0, 0.05) is 30.2 Å². The summed E-state index contributed by atoms with van der Waals surface area (Å²) in [6.45, 7) is 3.35. The number of nitro groups is 1. The summed E-state index contributed by atoms with van der Waals surface area (Å²) in [5.41, 5.74) is 0.965. The standard InChI is InChI=1S/C19H23ClN4O4.HI/c1-2-21-19(22-11-14-4-3-5-15(20)10-14)23-12-17(25)13-28-18-8-6-16(7-9-18)24(26)27;/h3-10,17,25H,2,11-13H2,1H3,(H2,21,22,23);1H. The highest BCUT2D eigenvalue weighted by Crippen LogP contribution is 2.17. The predicted octanol–water partition coefficient (Wildman–Crippen LogP) is 3.36. The quantitative estimate of drug-likeness (QED) is 0.150. The van der Waals surface area contributed by atoms with Gasteiger partial charge in [-0.25, -0.2) is 4.99 Å². The number of hydrogen-bond acceptors (Lipinski definition) is 5. The number of hydrogen-bond donors (Lipinski definition) is 3. The first-order valence-corrected chi connectivity index (χ1v) is 9.17. The first-order valence-electron chi connectivity index (χ1n) is 8.80. The molecule has 0 aliphatic heterocycles. The number of aliphatic hydroxyl groups excluding tert-OH is 1. The van der Waals surface area contributed by atoms with Crippen LogP contribution in [0.25, 0.3) is 0 Å². The van der Waals surface area contributed by atoms with Gasteiger partial charge >= 0.3 is 0 Å². The molecule has 0 aromatic heterocycles. The van der Waals surface area contributed by atoms with Gasteiger partial charge in [-0.1, -0.05) is 23.7 Å². The van der Waals surface area contributed by atoms with E-state index in [1.54, 1.807) is 6.07 Å². The predicted molar refractivity (Wildman–Crippen MR) is 124 cm³/mol. The summed E-state index contributed by atoms with van der Waals surface area (Å²) < 4.78 is 5.45. The van der Waals surface area contributed by atoms with Crippen molar-refractivity contribution in [3.63, 3.8) is 0 Å². The number of aliphatic imine (C=N–C) groups is 1. The normalized spacial score (nSPS) is 11.9. The Labute approximate surface area is 191 Å². The minimum atomic E-state index is -0.787. The molecule has 0 fully saturated rings. The molecule has 158 valence electrons. The molecule has 10 heteroatoms. The van der Waals surface area contributed by atoms with Gasteiger partial charge < -0.3 is 20.5 Å². The molecular weight excluding hydrogens is 511 g/mol. The molecule has 0 aliphatic rings. The van der Waals surface area contributed by atoms with Crippen LogP contribution in [0.2, 0.25) is 5.02 Å². The van der Waals surface area contributed by atoms with Gasteiger partial charge in [0.2, 0.25) is 0 Å². The molecule has 29 heavy (non-hydrogen) atoms. The Bertz CT molecular complexity index is 805. The van der Waals surface area contributed by atoms with Gasteiger partial charge in [-0.2, -0.15) is 0 Å². The Morgan fingerprint density at radius 2 is 2.00 bits per heavy atom. The lowest BCUT2D eigenvalue weighted by atomic mass is 10.2. The number of benzene rings is 2. The van der Waals surface area contributed by atoms with Crippen molar-refractivity contribution in [3.05, 3.63) is 69.2 Å². The molecule has 0 spiro atoms. The molecule has 2 aromatic carbocycles. The largest absolute Gasteiger partial charge is 0.491 e. The monoisotopic (exact) mass is 534 g/mol. The highest BCUT2D eigenvalue weighted by atomic mass is 127. The molecule has 0 saturated heterocycles. The van der Waals surface area contributed by atoms with E-state index in [1.807, 2.05) is 25.1 Å². The zero-order valence-electron chi connectivity index (χ0n) is 15.9. The summed E-state index contributed by atoms with van der Waals surface area (Å²) >= 11 is 5.97. The average Bonchev–Trinajstić information content (AvgIpc) is 2.69. The fraction of sp³-hybridized carbons (Fsp3) is 0.316. The molecule has 0 amide bonds. The van der Waals surface area contributed by atoms with Crippen LogP contribution in [0.15, 0.2) is 53.5 Å². The minimum Gasteiger partial charge on any atom is -0.491 e. The number of aliphatic hydroxyl groups is 1. The van der Waals surface area contributed by atoms with Crippen LogP contribution in [0.3, 0.4) is 0 Å². The Kier molecular flexibility index (Phi) is 11.3. The van der Waals surface area contributed by atoms with Gasteiger partial charge in [-0.05, 0) is 36.8 Å². The maximum Gasteiger partial charge on any atom is 0.269 e. The molecular formula is C19H24ClIN4O4. The van der Waals surface area contributed by atoms with Crippen LogP contribution in [0.1, 0.15) is 12.5 Å². The maximum atomic E-state index is 10.6. The molecule has 1 atom stereocenters. The zero-order chi connectivity index (χ0) is 20.4. The SMILES string of the molecule is CCNC(=NCc1cccc(Cl)c1)NCC(O)COc1ccc([N+](=O)[O-])cc1.I. The van der Waals surface area contributed by atoms with Gasteiger partial charge in [-0.3, -0.25) is 10.1 Å². The molecule has 0 bridgehead atoms. The van der Waals surface area contributed by atoms with E-state index in [1.165, 1.54) is 24.3 Å². The zero-order valence-corrected chi connectivity index (χ0v) is 19.0. The van der Waals surface area contributed by atoms with Crippen molar-refractivity contribution in [1.82, 2.24) is 10.6 Å². The van der Waals surface area contributed by atoms with Gasteiger partial charge in [0.15, 0.2) is 5.96 Å². The Morgan fingerprint density at radius 1 is 1.28 bits per heavy atom. The maximum absolute atomic E-state index is 10.6. The lowest BCUT2D eigenvalue weighted by molar-refractivity contribution is -0.384. The second kappa shape index (κ2) is 13.2. The number of nitrogens with one attached hydrogen (secondary N) is 2. The molecule has 1 unspecified atom stereocenters. The highest BCUT2D eigenvalue weighted by molar-refractivity contribution is 14.0. The van der Waals surface area contributed by atoms with Crippen LogP contribution < -0.4 is 15.4 Å². The van der Waals surface area contributed by atoms with Crippen LogP contribution in [-0.2, 0) is 6.54 Å². The van der Waals surface area contributed by atoms with E-state index in [9.17, 15) is 15.2 Å². The number of guanidine groups is 1. The van der Waals surface area contributed by atoms with Crippen LogP contribution >= 0.6 is 35.6 Å². The Morgan fingerprint density at radius 3 is 2.62 bits per heavy atom. The van der Waals surface area contributed by atoms with E-state index in [-0.39, 0.29) is 42.8 Å². The highest BCUT2D eigenvalue weighted by Gasteiger charge is 2.09. The van der Waals surface area contributed by atoms with Crippen molar-refractivity contribution in [2.24, 2.45) is 4.99 Å². The molecule has 0 radical (unpaired) electrons. The molecule has 0 heterocycles. The molecule has 3 N–H and O–H groups in total. The van der Waals surface area contributed by atoms with Crippen molar-refractivity contribution < 1.29 is 14.8 Å². The fourth-order valence-electron chi connectivity index (χ4n) is 2.28. The van der Waals surface area contributed by atoms with Crippen molar-refractivity contribution in [1.29, 1.82) is 0 Å². The number of non-ortho nitro benzene ring substituents is 1. The van der Waals surface area contributed by atoms with Crippen LogP contribution in [0, 0.1) is 10.1 Å². The van der Waals surface area contributed by atoms with Gasteiger partial charge in [0.05, 0.1) is 11.5 Å². The third-order valence-electron chi connectivity index (χ3n) is 3.65. The summed E-state index contributed by atoms with van der Waals surface area (Å²) in [4.78, 5) is 14.6. The number of nitrogens with zero attached hydrogens (tertiary/aromatic N) is 2. The van der Waals surface area contributed by atoms with Crippen molar-refractivity contribution in [3.8, 4) is 5.75 Å². The van der Waals surface area contributed by atoms with Gasteiger partial charge in [-0.15, -0.1) is 24.0 Å². The van der Waals surface area contributed by atoms with E-state index < -0.39 is 11.0 Å². The number of ether oxygens (including phenoxy) is 1. The summed E-state index contributed by atoms with van der Waals surface area (Å²) in [7, 11) is 0. The number of rotatable bonds is 9. The molecule has 0 aliphatic carbocycles. The lowest BCUT2D eigenvalue weighted by Crippen LogP contribution is -2.42. The second-order valence-corrected chi connectivity index (χ2v) is 6.36. The van der Waals surface area contributed by atoms with E-state index >= 15 is 0 Å². The fourth-order valence-corrected chi connectivity index (χ4v) is 2.49. The summed E-state index contributed by atoms with van der Waals surface area (Å²) in [5.74, 6) is 1.02. The summed E-state index contributed by atoms with van der Waals surface area (Å²) in [6, 6.07) is 13.2. The molecule has 0 saturated carbocycles. The van der Waals surface area contributed by atoms with Crippen LogP contribution in [0.5, 0.6) is 5.75 Å². The first kappa shape index (κ1) is 24.9. The average molecular weight is 535 g/mol. The molecule has 2 aromatic rings. The first-order chi connectivity index (χ1) is 13.5. The number of halogens is 2. The van der Waals surface area contributed by atoms with Crippen molar-refractivity contribution in [2.75, 3.05) is 19.7 Å². The number of nitro benzene ring substituents is 1. The third kappa shape index (κ3) is 9.29. The van der Waals surface area contributed by atoms with Crippen LogP contribution in [0.4, 0.5) is 5.69 Å². The topological polar surface area (TPSA) is 109 Å². The minimum absolute atomic E-state index is 0. The van der Waals surface area contributed by atoms with Crippen molar-refractivity contribution in [2.45, 2.75) is 19.6 Å². The second-order valence-electron chi connectivity index (χ2n) is 5.92. The summed E-state index contributed by atoms with van der Waals surface area (Å²) in [5, 5.41) is 27.5. The molecule has 2 rings (SSSR count). The lowest BCUT2D eigenvalue weighted by Gasteiger charge is -2.16. The van der Waals surface area contributed by atoms with E-state index in [0.29, 0.717) is 29.8 Å². The third-order valence-corrected chi connectivity index (χ3v) is 3.88. The van der Waals surface area contributed by atoms with E-state index in [4.69, 9.17) is 16.3 Å². The smallest absolute Gasteiger partial charge is 0.269 e. The Balaban J connectivity index is 0.00000420. The van der Waals surface area contributed by atoms with E-state index in [2.05, 4.69) is 15.6 Å². The Hall–Kier alpha value is -2.11.